The van der Waals surface area contributed by atoms with E-state index in [9.17, 15) is 9.18 Å². The minimum Gasteiger partial charge on any atom is -0.478 e. The number of rotatable bonds is 4. The van der Waals surface area contributed by atoms with E-state index >= 15 is 0 Å². The molecule has 4 heteroatoms. The third kappa shape index (κ3) is 3.30. The second-order valence-electron chi connectivity index (χ2n) is 5.94. The van der Waals surface area contributed by atoms with Crippen molar-refractivity contribution in [2.24, 2.45) is 11.8 Å². The van der Waals surface area contributed by atoms with Gasteiger partial charge in [-0.2, -0.15) is 0 Å². The molecule has 1 aromatic rings. The fourth-order valence-corrected chi connectivity index (χ4v) is 3.10. The highest BCUT2D eigenvalue weighted by Crippen LogP contribution is 2.32. The molecule has 2 atom stereocenters. The first-order valence-electron chi connectivity index (χ1n) is 7.28. The summed E-state index contributed by atoms with van der Waals surface area (Å²) < 4.78 is 14.0. The average Bonchev–Trinajstić information content (AvgIpc) is 2.41. The van der Waals surface area contributed by atoms with Gasteiger partial charge < -0.3 is 10.4 Å². The molecule has 0 aliphatic heterocycles. The van der Waals surface area contributed by atoms with E-state index in [4.69, 9.17) is 5.11 Å². The number of carbonyl (C=O) groups is 1. The molecule has 110 valence electrons. The summed E-state index contributed by atoms with van der Waals surface area (Å²) in [7, 11) is 0. The van der Waals surface area contributed by atoms with Gasteiger partial charge in [-0.05, 0) is 42.9 Å². The Morgan fingerprint density at radius 2 is 2.05 bits per heavy atom. The van der Waals surface area contributed by atoms with Crippen LogP contribution < -0.4 is 5.32 Å². The molecule has 3 nitrogen and oxygen atoms in total. The number of nitrogens with one attached hydrogen (secondary N) is 1. The van der Waals surface area contributed by atoms with Crippen LogP contribution in [0.2, 0.25) is 0 Å². The maximum Gasteiger partial charge on any atom is 0.335 e. The first kappa shape index (κ1) is 14.8. The zero-order valence-electron chi connectivity index (χ0n) is 12.0. The second kappa shape index (κ2) is 6.25. The molecule has 2 rings (SSSR count). The lowest BCUT2D eigenvalue weighted by Crippen LogP contribution is -2.35. The van der Waals surface area contributed by atoms with E-state index < -0.39 is 11.8 Å². The van der Waals surface area contributed by atoms with Gasteiger partial charge in [0.2, 0.25) is 0 Å². The van der Waals surface area contributed by atoms with Crippen LogP contribution in [0.3, 0.4) is 0 Å². The van der Waals surface area contributed by atoms with Crippen molar-refractivity contribution in [2.75, 3.05) is 5.32 Å². The Morgan fingerprint density at radius 3 is 2.65 bits per heavy atom. The van der Waals surface area contributed by atoms with Crippen LogP contribution in [0.25, 0.3) is 0 Å². The van der Waals surface area contributed by atoms with Crippen molar-refractivity contribution in [2.45, 2.75) is 45.6 Å². The van der Waals surface area contributed by atoms with Crippen molar-refractivity contribution in [1.82, 2.24) is 0 Å². The van der Waals surface area contributed by atoms with Gasteiger partial charge in [-0.25, -0.2) is 9.18 Å². The van der Waals surface area contributed by atoms with Gasteiger partial charge in [0.05, 0.1) is 11.3 Å². The molecule has 0 saturated heterocycles. The minimum absolute atomic E-state index is 0.0166. The molecular formula is C16H22FNO2. The highest BCUT2D eigenvalue weighted by atomic mass is 19.1. The molecule has 2 N–H and O–H groups in total. The SMILES string of the molecule is CC(C)C1CCCCC1Nc1ccc(C(=O)O)cc1F. The lowest BCUT2D eigenvalue weighted by molar-refractivity contribution is 0.0696. The van der Waals surface area contributed by atoms with Gasteiger partial charge in [0.1, 0.15) is 5.82 Å². The number of aromatic carboxylic acids is 1. The molecule has 1 fully saturated rings. The number of carboxylic acids is 1. The van der Waals surface area contributed by atoms with Crippen molar-refractivity contribution in [1.29, 1.82) is 0 Å². The number of halogens is 1. The Hall–Kier alpha value is -1.58. The largest absolute Gasteiger partial charge is 0.478 e. The molecule has 2 unspecified atom stereocenters. The molecule has 0 bridgehead atoms. The van der Waals surface area contributed by atoms with Crippen molar-refractivity contribution in [3.63, 3.8) is 0 Å². The monoisotopic (exact) mass is 279 g/mol. The average molecular weight is 279 g/mol. The molecule has 1 aliphatic rings. The van der Waals surface area contributed by atoms with Gasteiger partial charge in [0, 0.05) is 6.04 Å². The van der Waals surface area contributed by atoms with Crippen LogP contribution in [0.5, 0.6) is 0 Å². The van der Waals surface area contributed by atoms with Gasteiger partial charge in [-0.15, -0.1) is 0 Å². The summed E-state index contributed by atoms with van der Waals surface area (Å²) >= 11 is 0. The summed E-state index contributed by atoms with van der Waals surface area (Å²) in [6, 6.07) is 4.33. The first-order valence-corrected chi connectivity index (χ1v) is 7.28. The Bertz CT molecular complexity index is 487. The topological polar surface area (TPSA) is 49.3 Å². The summed E-state index contributed by atoms with van der Waals surface area (Å²) in [6.07, 6.45) is 4.62. The number of benzene rings is 1. The van der Waals surface area contributed by atoms with Crippen LogP contribution in [0.4, 0.5) is 10.1 Å². The molecular weight excluding hydrogens is 257 g/mol. The third-order valence-corrected chi connectivity index (χ3v) is 4.23. The van der Waals surface area contributed by atoms with E-state index in [2.05, 4.69) is 19.2 Å². The maximum absolute atomic E-state index is 14.0. The van der Waals surface area contributed by atoms with Crippen molar-refractivity contribution in [3.8, 4) is 0 Å². The van der Waals surface area contributed by atoms with Gasteiger partial charge in [-0.1, -0.05) is 26.7 Å². The van der Waals surface area contributed by atoms with Crippen LogP contribution in [0, 0.1) is 17.7 Å². The van der Waals surface area contributed by atoms with Crippen LogP contribution in [-0.4, -0.2) is 17.1 Å². The lowest BCUT2D eigenvalue weighted by Gasteiger charge is -2.35. The summed E-state index contributed by atoms with van der Waals surface area (Å²) in [5.41, 5.74) is 0.393. The summed E-state index contributed by atoms with van der Waals surface area (Å²) in [5, 5.41) is 12.1. The molecule has 0 aromatic heterocycles. The van der Waals surface area contributed by atoms with E-state index in [0.29, 0.717) is 17.5 Å². The van der Waals surface area contributed by atoms with Crippen LogP contribution >= 0.6 is 0 Å². The summed E-state index contributed by atoms with van der Waals surface area (Å²) in [5.74, 6) is -0.484. The molecule has 1 aromatic carbocycles. The molecule has 0 heterocycles. The third-order valence-electron chi connectivity index (χ3n) is 4.23. The number of anilines is 1. The van der Waals surface area contributed by atoms with Crippen molar-refractivity contribution < 1.29 is 14.3 Å². The van der Waals surface area contributed by atoms with Gasteiger partial charge in [-0.3, -0.25) is 0 Å². The molecule has 0 amide bonds. The van der Waals surface area contributed by atoms with Crippen molar-refractivity contribution >= 4 is 11.7 Å². The van der Waals surface area contributed by atoms with Crippen LogP contribution in [0.15, 0.2) is 18.2 Å². The summed E-state index contributed by atoms with van der Waals surface area (Å²) in [6.45, 7) is 4.41. The van der Waals surface area contributed by atoms with Crippen molar-refractivity contribution in [3.05, 3.63) is 29.6 Å². The number of hydrogen-bond donors (Lipinski definition) is 2. The lowest BCUT2D eigenvalue weighted by atomic mass is 9.78. The van der Waals surface area contributed by atoms with E-state index in [1.165, 1.54) is 25.0 Å². The quantitative estimate of drug-likeness (QED) is 0.870. The zero-order valence-corrected chi connectivity index (χ0v) is 12.0. The van der Waals surface area contributed by atoms with Gasteiger partial charge >= 0.3 is 5.97 Å². The highest BCUT2D eigenvalue weighted by molar-refractivity contribution is 5.88. The smallest absolute Gasteiger partial charge is 0.335 e. The van der Waals surface area contributed by atoms with E-state index in [0.717, 1.165) is 18.9 Å². The Balaban J connectivity index is 2.14. The predicted molar refractivity (Wildman–Crippen MR) is 77.6 cm³/mol. The summed E-state index contributed by atoms with van der Waals surface area (Å²) in [4.78, 5) is 10.8. The first-order chi connectivity index (χ1) is 9.49. The zero-order chi connectivity index (χ0) is 14.7. The molecule has 0 spiro atoms. The number of carboxylic acid groups (broad SMARTS) is 1. The number of hydrogen-bond acceptors (Lipinski definition) is 2. The molecule has 20 heavy (non-hydrogen) atoms. The highest BCUT2D eigenvalue weighted by Gasteiger charge is 2.28. The standard InChI is InChI=1S/C16H22FNO2/c1-10(2)12-5-3-4-6-14(12)18-15-8-7-11(16(19)20)9-13(15)17/h7-10,12,14,18H,3-6H2,1-2H3,(H,19,20). The normalized spacial score (nSPS) is 22.8. The van der Waals surface area contributed by atoms with Gasteiger partial charge in [0.25, 0.3) is 0 Å². The minimum atomic E-state index is -1.10. The Kier molecular flexibility index (Phi) is 4.63. The van der Waals surface area contributed by atoms with Gasteiger partial charge in [0.15, 0.2) is 0 Å². The molecule has 1 saturated carbocycles. The molecule has 0 radical (unpaired) electrons. The van der Waals surface area contributed by atoms with E-state index in [-0.39, 0.29) is 11.6 Å². The fraction of sp³-hybridized carbons (Fsp3) is 0.562. The van der Waals surface area contributed by atoms with E-state index in [1.807, 2.05) is 0 Å². The Labute approximate surface area is 119 Å². The maximum atomic E-state index is 14.0. The molecule has 1 aliphatic carbocycles. The van der Waals surface area contributed by atoms with E-state index in [1.54, 1.807) is 0 Å². The van der Waals surface area contributed by atoms with Crippen LogP contribution in [-0.2, 0) is 0 Å². The predicted octanol–water partition coefficient (Wildman–Crippen LogP) is 4.15. The van der Waals surface area contributed by atoms with Crippen LogP contribution in [0.1, 0.15) is 49.9 Å². The fourth-order valence-electron chi connectivity index (χ4n) is 3.10. The second-order valence-corrected chi connectivity index (χ2v) is 5.94. The Morgan fingerprint density at radius 1 is 1.35 bits per heavy atom.